The molecule has 158 valence electrons. The number of aromatic nitrogens is 4. The van der Waals surface area contributed by atoms with Gasteiger partial charge in [0.15, 0.2) is 0 Å². The minimum atomic E-state index is -0.143. The SMILES string of the molecule is CCc1nc2c(Cl)ccc(Cl)c2c(=O)n1CCCOC.N#Cc1c(N)ncnc1N. The second-order valence-corrected chi connectivity index (χ2v) is 6.88. The molecule has 0 saturated heterocycles. The van der Waals surface area contributed by atoms with Crippen LogP contribution in [0.25, 0.3) is 10.9 Å². The Labute approximate surface area is 183 Å². The molecule has 0 saturated carbocycles. The van der Waals surface area contributed by atoms with Crippen molar-refractivity contribution in [1.82, 2.24) is 19.5 Å². The lowest BCUT2D eigenvalue weighted by Crippen LogP contribution is -2.26. The first-order valence-electron chi connectivity index (χ1n) is 8.98. The Morgan fingerprint density at radius 1 is 1.20 bits per heavy atom. The van der Waals surface area contributed by atoms with E-state index < -0.39 is 0 Å². The van der Waals surface area contributed by atoms with Crippen molar-refractivity contribution < 1.29 is 4.74 Å². The number of benzene rings is 1. The maximum absolute atomic E-state index is 12.6. The molecule has 3 aromatic rings. The van der Waals surface area contributed by atoms with E-state index in [4.69, 9.17) is 44.7 Å². The van der Waals surface area contributed by atoms with Crippen LogP contribution in [0.2, 0.25) is 10.0 Å². The van der Waals surface area contributed by atoms with Gasteiger partial charge in [0.1, 0.15) is 35.4 Å². The number of hydrogen-bond acceptors (Lipinski definition) is 8. The van der Waals surface area contributed by atoms with E-state index in [1.165, 1.54) is 6.33 Å². The van der Waals surface area contributed by atoms with E-state index in [-0.39, 0.29) is 22.8 Å². The van der Waals surface area contributed by atoms with Crippen LogP contribution in [0, 0.1) is 11.3 Å². The summed E-state index contributed by atoms with van der Waals surface area (Å²) in [5.74, 6) is 0.952. The number of methoxy groups -OCH3 is 1. The second kappa shape index (κ2) is 10.7. The van der Waals surface area contributed by atoms with E-state index in [1.807, 2.05) is 6.92 Å². The summed E-state index contributed by atoms with van der Waals surface area (Å²) in [6, 6.07) is 5.07. The van der Waals surface area contributed by atoms with Gasteiger partial charge in [0.25, 0.3) is 5.56 Å². The molecule has 0 amide bonds. The van der Waals surface area contributed by atoms with Gasteiger partial charge in [-0.05, 0) is 18.6 Å². The normalized spacial score (nSPS) is 10.4. The first kappa shape index (κ1) is 23.3. The molecule has 2 heterocycles. The average Bonchev–Trinajstić information content (AvgIpc) is 2.72. The molecular weight excluding hydrogens is 429 g/mol. The fourth-order valence-electron chi connectivity index (χ4n) is 2.69. The third-order valence-electron chi connectivity index (χ3n) is 4.15. The number of aryl methyl sites for hydroxylation is 1. The topological polar surface area (TPSA) is 146 Å². The van der Waals surface area contributed by atoms with Crippen molar-refractivity contribution >= 4 is 45.7 Å². The predicted octanol–water partition coefficient (Wildman–Crippen LogP) is 2.81. The summed E-state index contributed by atoms with van der Waals surface area (Å²) < 4.78 is 6.68. The highest BCUT2D eigenvalue weighted by molar-refractivity contribution is 6.39. The Kier molecular flexibility index (Phi) is 8.35. The van der Waals surface area contributed by atoms with E-state index in [0.717, 1.165) is 6.42 Å². The number of anilines is 2. The van der Waals surface area contributed by atoms with Crippen molar-refractivity contribution in [3.05, 3.63) is 50.2 Å². The number of hydrogen-bond donors (Lipinski definition) is 2. The molecule has 0 aliphatic carbocycles. The monoisotopic (exact) mass is 449 g/mol. The summed E-state index contributed by atoms with van der Waals surface area (Å²) in [5.41, 5.74) is 11.0. The van der Waals surface area contributed by atoms with Crippen molar-refractivity contribution in [3.63, 3.8) is 0 Å². The van der Waals surface area contributed by atoms with Gasteiger partial charge < -0.3 is 16.2 Å². The molecule has 0 bridgehead atoms. The summed E-state index contributed by atoms with van der Waals surface area (Å²) >= 11 is 12.2. The van der Waals surface area contributed by atoms with Crippen molar-refractivity contribution in [1.29, 1.82) is 5.26 Å². The highest BCUT2D eigenvalue weighted by Crippen LogP contribution is 2.26. The van der Waals surface area contributed by atoms with Gasteiger partial charge in [-0.15, -0.1) is 0 Å². The van der Waals surface area contributed by atoms with Gasteiger partial charge in [-0.25, -0.2) is 15.0 Å². The van der Waals surface area contributed by atoms with Gasteiger partial charge in [0, 0.05) is 26.7 Å². The quantitative estimate of drug-likeness (QED) is 0.565. The minimum absolute atomic E-state index is 0.120. The van der Waals surface area contributed by atoms with Crippen LogP contribution in [-0.2, 0) is 17.7 Å². The van der Waals surface area contributed by atoms with E-state index >= 15 is 0 Å². The molecule has 0 radical (unpaired) electrons. The smallest absolute Gasteiger partial charge is 0.262 e. The van der Waals surface area contributed by atoms with Gasteiger partial charge in [0.2, 0.25) is 0 Å². The molecule has 0 aliphatic heterocycles. The zero-order chi connectivity index (χ0) is 22.3. The molecule has 4 N–H and O–H groups in total. The lowest BCUT2D eigenvalue weighted by molar-refractivity contribution is 0.189. The average molecular weight is 450 g/mol. The zero-order valence-electron chi connectivity index (χ0n) is 16.5. The number of nitrogen functional groups attached to an aromatic ring is 2. The Morgan fingerprint density at radius 2 is 1.83 bits per heavy atom. The standard InChI is InChI=1S/C14H16Cl2N2O2.C5H5N5/c1-3-11-17-13-10(16)6-5-9(15)12(13)14(19)18(11)7-4-8-20-2;6-1-3-4(7)9-2-10-5(3)8/h5-6H,3-4,7-8H2,1-2H3;2H,(H4,7,8,9,10). The number of ether oxygens (including phenoxy) is 1. The van der Waals surface area contributed by atoms with Gasteiger partial charge in [0.05, 0.1) is 20.9 Å². The van der Waals surface area contributed by atoms with Crippen molar-refractivity contribution in [3.8, 4) is 6.07 Å². The molecule has 0 spiro atoms. The van der Waals surface area contributed by atoms with Crippen LogP contribution in [-0.4, -0.2) is 33.2 Å². The number of nitrogens with zero attached hydrogens (tertiary/aromatic N) is 5. The Morgan fingerprint density at radius 3 is 2.37 bits per heavy atom. The number of fused-ring (bicyclic) bond motifs is 1. The van der Waals surface area contributed by atoms with Crippen LogP contribution in [0.4, 0.5) is 11.6 Å². The Hall–Kier alpha value is -2.93. The molecule has 1 aromatic carbocycles. The molecular formula is C19H21Cl2N7O2. The van der Waals surface area contributed by atoms with Gasteiger partial charge >= 0.3 is 0 Å². The summed E-state index contributed by atoms with van der Waals surface area (Å²) in [6.45, 7) is 3.11. The molecule has 0 fully saturated rings. The zero-order valence-corrected chi connectivity index (χ0v) is 18.0. The molecule has 0 unspecified atom stereocenters. The molecule has 11 heteroatoms. The Bertz CT molecular complexity index is 1120. The van der Waals surface area contributed by atoms with Gasteiger partial charge in [-0.3, -0.25) is 9.36 Å². The third-order valence-corrected chi connectivity index (χ3v) is 4.77. The summed E-state index contributed by atoms with van der Waals surface area (Å²) in [5, 5.41) is 9.62. The van der Waals surface area contributed by atoms with Gasteiger partial charge in [-0.1, -0.05) is 30.1 Å². The van der Waals surface area contributed by atoms with Gasteiger partial charge in [-0.2, -0.15) is 5.26 Å². The van der Waals surface area contributed by atoms with Crippen LogP contribution >= 0.6 is 23.2 Å². The van der Waals surface area contributed by atoms with Crippen LogP contribution in [0.3, 0.4) is 0 Å². The van der Waals surface area contributed by atoms with Crippen molar-refractivity contribution in [2.24, 2.45) is 0 Å². The first-order valence-corrected chi connectivity index (χ1v) is 9.73. The maximum atomic E-state index is 12.6. The lowest BCUT2D eigenvalue weighted by atomic mass is 10.2. The van der Waals surface area contributed by atoms with E-state index in [1.54, 1.807) is 29.9 Å². The minimum Gasteiger partial charge on any atom is -0.385 e. The molecule has 3 rings (SSSR count). The maximum Gasteiger partial charge on any atom is 0.262 e. The molecule has 2 aromatic heterocycles. The summed E-state index contributed by atoms with van der Waals surface area (Å²) in [7, 11) is 1.64. The van der Waals surface area contributed by atoms with Crippen LogP contribution in [0.15, 0.2) is 23.3 Å². The van der Waals surface area contributed by atoms with Crippen LogP contribution in [0.5, 0.6) is 0 Å². The highest BCUT2D eigenvalue weighted by Gasteiger charge is 2.14. The van der Waals surface area contributed by atoms with E-state index in [2.05, 4.69) is 15.0 Å². The first-order chi connectivity index (χ1) is 14.3. The summed E-state index contributed by atoms with van der Waals surface area (Å²) in [4.78, 5) is 24.3. The highest BCUT2D eigenvalue weighted by atomic mass is 35.5. The number of rotatable bonds is 5. The fraction of sp³-hybridized carbons (Fsp3) is 0.316. The number of nitriles is 1. The van der Waals surface area contributed by atoms with E-state index in [9.17, 15) is 4.79 Å². The lowest BCUT2D eigenvalue weighted by Gasteiger charge is -2.13. The molecule has 30 heavy (non-hydrogen) atoms. The number of nitrogens with two attached hydrogens (primary N) is 2. The Balaban J connectivity index is 0.000000269. The molecule has 0 aliphatic rings. The van der Waals surface area contributed by atoms with Crippen molar-refractivity contribution in [2.75, 3.05) is 25.2 Å². The summed E-state index contributed by atoms with van der Waals surface area (Å²) in [6.07, 6.45) is 2.61. The van der Waals surface area contributed by atoms with E-state index in [0.29, 0.717) is 46.3 Å². The predicted molar refractivity (Wildman–Crippen MR) is 117 cm³/mol. The third kappa shape index (κ3) is 5.16. The molecule has 0 atom stereocenters. The van der Waals surface area contributed by atoms with Crippen LogP contribution < -0.4 is 17.0 Å². The van der Waals surface area contributed by atoms with Crippen LogP contribution in [0.1, 0.15) is 24.7 Å². The largest absolute Gasteiger partial charge is 0.385 e. The number of halogens is 2. The molecule has 9 nitrogen and oxygen atoms in total. The fourth-order valence-corrected chi connectivity index (χ4v) is 3.12. The van der Waals surface area contributed by atoms with Crippen molar-refractivity contribution in [2.45, 2.75) is 26.3 Å². The second-order valence-electron chi connectivity index (χ2n) is 6.07.